The molecule has 1 fully saturated rings. The highest BCUT2D eigenvalue weighted by molar-refractivity contribution is 9.10. The van der Waals surface area contributed by atoms with Gasteiger partial charge in [-0.05, 0) is 38.6 Å². The van der Waals surface area contributed by atoms with E-state index in [1.54, 1.807) is 0 Å². The summed E-state index contributed by atoms with van der Waals surface area (Å²) in [7, 11) is 2.21. The van der Waals surface area contributed by atoms with Crippen molar-refractivity contribution < 1.29 is 0 Å². The van der Waals surface area contributed by atoms with Crippen LogP contribution in [-0.2, 0) is 6.42 Å². The maximum atomic E-state index is 4.33. The molecule has 1 aliphatic rings. The lowest BCUT2D eigenvalue weighted by atomic mass is 10.00. The second-order valence-electron chi connectivity index (χ2n) is 5.02. The predicted octanol–water partition coefficient (Wildman–Crippen LogP) is 2.52. The van der Waals surface area contributed by atoms with Gasteiger partial charge in [0.25, 0.3) is 0 Å². The molecule has 0 N–H and O–H groups in total. The van der Waals surface area contributed by atoms with Crippen LogP contribution in [0.3, 0.4) is 0 Å². The highest BCUT2D eigenvalue weighted by Crippen LogP contribution is 2.19. The molecule has 96 valence electrons. The number of fused-ring (bicyclic) bond motifs is 1. The number of hydrogen-bond acceptors (Lipinski definition) is 3. The van der Waals surface area contributed by atoms with Crippen LogP contribution in [0.25, 0.3) is 5.65 Å². The summed E-state index contributed by atoms with van der Waals surface area (Å²) < 4.78 is 3.14. The fraction of sp³-hybridized carbons (Fsp3) is 0.538. The average Bonchev–Trinajstić information content (AvgIpc) is 2.74. The molecule has 1 aliphatic heterocycles. The van der Waals surface area contributed by atoms with Crippen molar-refractivity contribution in [3.05, 3.63) is 28.6 Å². The van der Waals surface area contributed by atoms with Crippen molar-refractivity contribution in [2.45, 2.75) is 31.7 Å². The molecule has 5 heteroatoms. The van der Waals surface area contributed by atoms with Crippen LogP contribution in [0, 0.1) is 0 Å². The van der Waals surface area contributed by atoms with Gasteiger partial charge in [0.1, 0.15) is 5.82 Å². The van der Waals surface area contributed by atoms with Crippen molar-refractivity contribution in [1.29, 1.82) is 0 Å². The Balaban J connectivity index is 1.86. The van der Waals surface area contributed by atoms with Crippen molar-refractivity contribution >= 4 is 21.6 Å². The molecule has 0 spiro atoms. The van der Waals surface area contributed by atoms with E-state index in [-0.39, 0.29) is 0 Å². The van der Waals surface area contributed by atoms with E-state index in [1.807, 2.05) is 18.3 Å². The van der Waals surface area contributed by atoms with Gasteiger partial charge in [-0.1, -0.05) is 22.4 Å². The Hall–Kier alpha value is -0.940. The lowest BCUT2D eigenvalue weighted by molar-refractivity contribution is 0.182. The van der Waals surface area contributed by atoms with Crippen LogP contribution in [0.5, 0.6) is 0 Å². The first-order chi connectivity index (χ1) is 8.74. The zero-order valence-corrected chi connectivity index (χ0v) is 12.1. The predicted molar refractivity (Wildman–Crippen MR) is 74.7 cm³/mol. The molecule has 0 radical (unpaired) electrons. The summed E-state index contributed by atoms with van der Waals surface area (Å²) >= 11 is 3.46. The van der Waals surface area contributed by atoms with Crippen molar-refractivity contribution in [3.63, 3.8) is 0 Å². The zero-order chi connectivity index (χ0) is 12.5. The minimum atomic E-state index is 0.606. The lowest BCUT2D eigenvalue weighted by Crippen LogP contribution is -2.38. The summed E-state index contributed by atoms with van der Waals surface area (Å²) in [4.78, 5) is 2.45. The number of halogens is 1. The van der Waals surface area contributed by atoms with E-state index in [1.165, 1.54) is 25.8 Å². The van der Waals surface area contributed by atoms with E-state index < -0.39 is 0 Å². The van der Waals surface area contributed by atoms with E-state index >= 15 is 0 Å². The number of rotatable bonds is 2. The highest BCUT2D eigenvalue weighted by atomic mass is 79.9. The van der Waals surface area contributed by atoms with E-state index in [0.717, 1.165) is 22.4 Å². The molecule has 0 aliphatic carbocycles. The SMILES string of the molecule is CN1CCCCC1Cc1nnc2cc(Br)ccn12. The van der Waals surface area contributed by atoms with Crippen molar-refractivity contribution in [3.8, 4) is 0 Å². The summed E-state index contributed by atoms with van der Waals surface area (Å²) in [6, 6.07) is 4.64. The maximum Gasteiger partial charge on any atom is 0.161 e. The zero-order valence-electron chi connectivity index (χ0n) is 10.5. The van der Waals surface area contributed by atoms with Gasteiger partial charge in [-0.3, -0.25) is 4.40 Å². The quantitative estimate of drug-likeness (QED) is 0.855. The second kappa shape index (κ2) is 4.97. The Labute approximate surface area is 115 Å². The monoisotopic (exact) mass is 308 g/mol. The van der Waals surface area contributed by atoms with Gasteiger partial charge in [0.15, 0.2) is 5.65 Å². The van der Waals surface area contributed by atoms with Crippen LogP contribution in [0.1, 0.15) is 25.1 Å². The molecule has 4 nitrogen and oxygen atoms in total. The number of aromatic nitrogens is 3. The number of likely N-dealkylation sites (tertiary alicyclic amines) is 1. The van der Waals surface area contributed by atoms with Crippen LogP contribution in [0.4, 0.5) is 0 Å². The van der Waals surface area contributed by atoms with Crippen LogP contribution in [-0.4, -0.2) is 39.1 Å². The maximum absolute atomic E-state index is 4.33. The molecular formula is C13H17BrN4. The summed E-state index contributed by atoms with van der Waals surface area (Å²) in [5.74, 6) is 1.07. The first-order valence-electron chi connectivity index (χ1n) is 6.43. The van der Waals surface area contributed by atoms with Gasteiger partial charge in [0, 0.05) is 23.1 Å². The Morgan fingerprint density at radius 2 is 2.28 bits per heavy atom. The van der Waals surface area contributed by atoms with Gasteiger partial charge in [0.2, 0.25) is 0 Å². The van der Waals surface area contributed by atoms with Crippen LogP contribution >= 0.6 is 15.9 Å². The molecule has 0 bridgehead atoms. The third-order valence-electron chi connectivity index (χ3n) is 3.78. The molecule has 2 aromatic heterocycles. The van der Waals surface area contributed by atoms with Gasteiger partial charge in [-0.25, -0.2) is 0 Å². The van der Waals surface area contributed by atoms with E-state index in [0.29, 0.717) is 6.04 Å². The van der Waals surface area contributed by atoms with Crippen LogP contribution in [0.2, 0.25) is 0 Å². The van der Waals surface area contributed by atoms with Crippen molar-refractivity contribution in [1.82, 2.24) is 19.5 Å². The normalized spacial score (nSPS) is 21.6. The topological polar surface area (TPSA) is 33.4 Å². The number of likely N-dealkylation sites (N-methyl/N-ethyl adjacent to an activating group) is 1. The fourth-order valence-corrected chi connectivity index (χ4v) is 2.99. The molecular weight excluding hydrogens is 292 g/mol. The number of pyridine rings is 1. The molecule has 0 amide bonds. The van der Waals surface area contributed by atoms with Gasteiger partial charge in [-0.15, -0.1) is 10.2 Å². The smallest absolute Gasteiger partial charge is 0.161 e. The first-order valence-corrected chi connectivity index (χ1v) is 7.23. The highest BCUT2D eigenvalue weighted by Gasteiger charge is 2.21. The molecule has 3 heterocycles. The molecule has 2 aromatic rings. The van der Waals surface area contributed by atoms with E-state index in [4.69, 9.17) is 0 Å². The third kappa shape index (κ3) is 2.29. The minimum absolute atomic E-state index is 0.606. The standard InChI is InChI=1S/C13H17BrN4/c1-17-6-3-2-4-11(17)9-13-16-15-12-8-10(14)5-7-18(12)13/h5,7-8,11H,2-4,6,9H2,1H3. The Morgan fingerprint density at radius 3 is 3.11 bits per heavy atom. The molecule has 1 atom stereocenters. The van der Waals surface area contributed by atoms with E-state index in [9.17, 15) is 0 Å². The summed E-state index contributed by atoms with van der Waals surface area (Å²) in [5.41, 5.74) is 0.915. The third-order valence-corrected chi connectivity index (χ3v) is 4.28. The fourth-order valence-electron chi connectivity index (χ4n) is 2.67. The van der Waals surface area contributed by atoms with Crippen molar-refractivity contribution in [2.75, 3.05) is 13.6 Å². The largest absolute Gasteiger partial charge is 0.303 e. The number of piperidine rings is 1. The summed E-state index contributed by atoms with van der Waals surface area (Å²) in [6.07, 6.45) is 6.94. The van der Waals surface area contributed by atoms with Gasteiger partial charge in [-0.2, -0.15) is 0 Å². The molecule has 3 rings (SSSR count). The summed E-state index contributed by atoms with van der Waals surface area (Å²) in [5, 5.41) is 8.56. The van der Waals surface area contributed by atoms with Crippen molar-refractivity contribution in [2.24, 2.45) is 0 Å². The van der Waals surface area contributed by atoms with Gasteiger partial charge >= 0.3 is 0 Å². The Kier molecular flexibility index (Phi) is 3.35. The lowest BCUT2D eigenvalue weighted by Gasteiger charge is -2.31. The Morgan fingerprint density at radius 1 is 1.39 bits per heavy atom. The number of hydrogen-bond donors (Lipinski definition) is 0. The minimum Gasteiger partial charge on any atom is -0.303 e. The first kappa shape index (κ1) is 12.1. The van der Waals surface area contributed by atoms with Crippen LogP contribution < -0.4 is 0 Å². The molecule has 0 saturated carbocycles. The molecule has 1 unspecified atom stereocenters. The second-order valence-corrected chi connectivity index (χ2v) is 5.94. The average molecular weight is 309 g/mol. The molecule has 1 saturated heterocycles. The summed E-state index contributed by atoms with van der Waals surface area (Å²) in [6.45, 7) is 1.20. The van der Waals surface area contributed by atoms with Gasteiger partial charge in [0.05, 0.1) is 0 Å². The molecule has 18 heavy (non-hydrogen) atoms. The molecule has 0 aromatic carbocycles. The Bertz CT molecular complexity index is 551. The van der Waals surface area contributed by atoms with E-state index in [2.05, 4.69) is 42.5 Å². The van der Waals surface area contributed by atoms with Crippen LogP contribution in [0.15, 0.2) is 22.8 Å². The van der Waals surface area contributed by atoms with Gasteiger partial charge < -0.3 is 4.90 Å². The number of nitrogens with zero attached hydrogens (tertiary/aromatic N) is 4.